The summed E-state index contributed by atoms with van der Waals surface area (Å²) in [5, 5.41) is 0. The molecule has 0 aliphatic heterocycles. The molecule has 0 saturated carbocycles. The van der Waals surface area contributed by atoms with E-state index in [0.717, 1.165) is 64.2 Å². The highest BCUT2D eigenvalue weighted by Crippen LogP contribution is 2.14. The van der Waals surface area contributed by atoms with Gasteiger partial charge in [0, 0.05) is 26.4 Å². The fourth-order valence-corrected chi connectivity index (χ4v) is 4.00. The lowest BCUT2D eigenvalue weighted by Gasteiger charge is -2.14. The lowest BCUT2D eigenvalue weighted by molar-refractivity contribution is -0.697. The van der Waals surface area contributed by atoms with Crippen LogP contribution in [0.2, 0.25) is 0 Å². The molecule has 4 nitrogen and oxygen atoms in total. The Labute approximate surface area is 193 Å². The number of ether oxygens (including phenoxy) is 2. The summed E-state index contributed by atoms with van der Waals surface area (Å²) in [7, 11) is 0. The third-order valence-electron chi connectivity index (χ3n) is 6.45. The van der Waals surface area contributed by atoms with Gasteiger partial charge in [-0.25, -0.2) is 9.13 Å². The Hall–Kier alpha value is -0.870. The van der Waals surface area contributed by atoms with Gasteiger partial charge in [0.2, 0.25) is 6.33 Å². The molecular weight excluding hydrogens is 384 g/mol. The van der Waals surface area contributed by atoms with Gasteiger partial charge >= 0.3 is 0 Å². The van der Waals surface area contributed by atoms with Crippen LogP contribution in [0.15, 0.2) is 18.7 Å². The molecule has 4 heteroatoms. The number of aryl methyl sites for hydroxylation is 2. The van der Waals surface area contributed by atoms with Crippen LogP contribution in [0.25, 0.3) is 0 Å². The second-order valence-electron chi connectivity index (χ2n) is 9.29. The lowest BCUT2D eigenvalue weighted by Crippen LogP contribution is -2.31. The van der Waals surface area contributed by atoms with Crippen molar-refractivity contribution in [3.8, 4) is 0 Å². The molecular formula is C27H53N2O2+. The lowest BCUT2D eigenvalue weighted by atomic mass is 10.0. The molecule has 1 aromatic heterocycles. The molecule has 1 heterocycles. The minimum absolute atomic E-state index is 0.753. The number of unbranched alkanes of at least 4 members (excludes halogenated alkanes) is 4. The smallest absolute Gasteiger partial charge is 0.243 e. The normalized spacial score (nSPS) is 13.5. The Balaban J connectivity index is 2.03. The van der Waals surface area contributed by atoms with Crippen molar-refractivity contribution in [3.63, 3.8) is 0 Å². The molecule has 2 unspecified atom stereocenters. The van der Waals surface area contributed by atoms with Crippen molar-refractivity contribution < 1.29 is 14.0 Å². The second kappa shape index (κ2) is 19.8. The van der Waals surface area contributed by atoms with Gasteiger partial charge < -0.3 is 9.47 Å². The van der Waals surface area contributed by atoms with Crippen molar-refractivity contribution >= 4 is 0 Å². The fourth-order valence-electron chi connectivity index (χ4n) is 4.00. The number of hydrogen-bond acceptors (Lipinski definition) is 2. The van der Waals surface area contributed by atoms with E-state index < -0.39 is 0 Å². The van der Waals surface area contributed by atoms with Gasteiger partial charge in [0.05, 0.1) is 13.1 Å². The zero-order valence-corrected chi connectivity index (χ0v) is 21.3. The topological polar surface area (TPSA) is 27.3 Å². The predicted molar refractivity (Wildman–Crippen MR) is 131 cm³/mol. The maximum absolute atomic E-state index is 5.93. The molecule has 0 spiro atoms. The van der Waals surface area contributed by atoms with Gasteiger partial charge in [-0.05, 0) is 50.4 Å². The minimum atomic E-state index is 0.753. The molecule has 0 fully saturated rings. The molecule has 0 aromatic carbocycles. The summed E-state index contributed by atoms with van der Waals surface area (Å²) in [6.45, 7) is 15.0. The van der Waals surface area contributed by atoms with E-state index in [2.05, 4.69) is 55.6 Å². The van der Waals surface area contributed by atoms with Crippen molar-refractivity contribution in [2.45, 2.75) is 118 Å². The molecule has 0 aliphatic carbocycles. The summed E-state index contributed by atoms with van der Waals surface area (Å²) in [6, 6.07) is 0. The monoisotopic (exact) mass is 437 g/mol. The SMILES string of the molecule is CCCCC(CC)COCCCCn1cc[n+](CCCCOCC(CC)CCCC)c1. The predicted octanol–water partition coefficient (Wildman–Crippen LogP) is 6.80. The third-order valence-corrected chi connectivity index (χ3v) is 6.45. The maximum atomic E-state index is 5.93. The average molecular weight is 438 g/mol. The van der Waals surface area contributed by atoms with Crippen molar-refractivity contribution in [2.24, 2.45) is 11.8 Å². The maximum Gasteiger partial charge on any atom is 0.243 e. The zero-order valence-electron chi connectivity index (χ0n) is 21.3. The largest absolute Gasteiger partial charge is 0.381 e. The van der Waals surface area contributed by atoms with Gasteiger partial charge in [0.15, 0.2) is 0 Å². The quantitative estimate of drug-likeness (QED) is 0.147. The fraction of sp³-hybridized carbons (Fsp3) is 0.889. The minimum Gasteiger partial charge on any atom is -0.381 e. The first-order valence-electron chi connectivity index (χ1n) is 13.4. The molecule has 2 atom stereocenters. The second-order valence-corrected chi connectivity index (χ2v) is 9.29. The van der Waals surface area contributed by atoms with E-state index in [1.807, 2.05) is 0 Å². The molecule has 0 radical (unpaired) electrons. The van der Waals surface area contributed by atoms with E-state index in [0.29, 0.717) is 0 Å². The third kappa shape index (κ3) is 14.7. The molecule has 1 rings (SSSR count). The molecule has 31 heavy (non-hydrogen) atoms. The Morgan fingerprint density at radius 1 is 0.742 bits per heavy atom. The van der Waals surface area contributed by atoms with Crippen LogP contribution in [-0.2, 0) is 22.6 Å². The Kier molecular flexibility index (Phi) is 18.0. The Morgan fingerprint density at radius 3 is 1.87 bits per heavy atom. The first kappa shape index (κ1) is 28.2. The van der Waals surface area contributed by atoms with Crippen LogP contribution in [0.1, 0.15) is 105 Å². The number of imidazole rings is 1. The van der Waals surface area contributed by atoms with Gasteiger partial charge in [-0.2, -0.15) is 0 Å². The summed E-state index contributed by atoms with van der Waals surface area (Å²) in [6.07, 6.45) is 21.7. The van der Waals surface area contributed by atoms with E-state index in [-0.39, 0.29) is 0 Å². The van der Waals surface area contributed by atoms with Crippen LogP contribution >= 0.6 is 0 Å². The summed E-state index contributed by atoms with van der Waals surface area (Å²) in [4.78, 5) is 0. The standard InChI is InChI=1S/C27H53N2O2/c1-5-9-15-26(7-3)23-30-21-13-11-17-28-19-20-29(25-28)18-12-14-22-31-24-27(8-4)16-10-6-2/h19-20,25-27H,5-18,21-24H2,1-4H3/q+1. The van der Waals surface area contributed by atoms with Crippen LogP contribution in [-0.4, -0.2) is 31.0 Å². The summed E-state index contributed by atoms with van der Waals surface area (Å²) >= 11 is 0. The molecule has 182 valence electrons. The van der Waals surface area contributed by atoms with Crippen molar-refractivity contribution in [1.29, 1.82) is 0 Å². The molecule has 0 amide bonds. The molecule has 0 N–H and O–H groups in total. The number of nitrogens with zero attached hydrogens (tertiary/aromatic N) is 2. The summed E-state index contributed by atoms with van der Waals surface area (Å²) < 4.78 is 16.5. The van der Waals surface area contributed by atoms with Gasteiger partial charge in [-0.15, -0.1) is 0 Å². The summed E-state index contributed by atoms with van der Waals surface area (Å²) in [5.41, 5.74) is 0. The molecule has 0 saturated heterocycles. The van der Waals surface area contributed by atoms with Gasteiger partial charge in [-0.1, -0.05) is 66.2 Å². The van der Waals surface area contributed by atoms with E-state index in [1.54, 1.807) is 0 Å². The number of aromatic nitrogens is 2. The number of rotatable bonds is 22. The van der Waals surface area contributed by atoms with Crippen LogP contribution < -0.4 is 4.57 Å². The first-order chi connectivity index (χ1) is 15.2. The van der Waals surface area contributed by atoms with Gasteiger partial charge in [0.25, 0.3) is 0 Å². The van der Waals surface area contributed by atoms with Crippen LogP contribution in [0.3, 0.4) is 0 Å². The van der Waals surface area contributed by atoms with Crippen LogP contribution in [0.4, 0.5) is 0 Å². The van der Waals surface area contributed by atoms with Crippen molar-refractivity contribution in [1.82, 2.24) is 4.57 Å². The van der Waals surface area contributed by atoms with Crippen molar-refractivity contribution in [3.05, 3.63) is 18.7 Å². The highest BCUT2D eigenvalue weighted by Gasteiger charge is 2.08. The van der Waals surface area contributed by atoms with E-state index in [9.17, 15) is 0 Å². The van der Waals surface area contributed by atoms with E-state index in [1.165, 1.54) is 64.2 Å². The summed E-state index contributed by atoms with van der Waals surface area (Å²) in [5.74, 6) is 1.51. The van der Waals surface area contributed by atoms with Gasteiger partial charge in [-0.3, -0.25) is 0 Å². The molecule has 0 bridgehead atoms. The first-order valence-corrected chi connectivity index (χ1v) is 13.4. The van der Waals surface area contributed by atoms with E-state index >= 15 is 0 Å². The Morgan fingerprint density at radius 2 is 1.32 bits per heavy atom. The molecule has 1 aromatic rings. The zero-order chi connectivity index (χ0) is 22.6. The molecule has 0 aliphatic rings. The van der Waals surface area contributed by atoms with Crippen molar-refractivity contribution in [2.75, 3.05) is 26.4 Å². The van der Waals surface area contributed by atoms with Crippen LogP contribution in [0, 0.1) is 11.8 Å². The van der Waals surface area contributed by atoms with Crippen LogP contribution in [0.5, 0.6) is 0 Å². The highest BCUT2D eigenvalue weighted by atomic mass is 16.5. The Bertz CT molecular complexity index is 461. The highest BCUT2D eigenvalue weighted by molar-refractivity contribution is 4.66. The van der Waals surface area contributed by atoms with E-state index in [4.69, 9.17) is 9.47 Å². The average Bonchev–Trinajstić information content (AvgIpc) is 3.24. The number of hydrogen-bond donors (Lipinski definition) is 0. The van der Waals surface area contributed by atoms with Gasteiger partial charge in [0.1, 0.15) is 12.4 Å².